The third kappa shape index (κ3) is 4.32. The molecule has 20 heavy (non-hydrogen) atoms. The Hall–Kier alpha value is -1.39. The molecular formula is C16H24N2O2. The first-order valence-corrected chi connectivity index (χ1v) is 7.36. The lowest BCUT2D eigenvalue weighted by atomic mass is 9.99. The predicted molar refractivity (Wildman–Crippen MR) is 79.2 cm³/mol. The lowest BCUT2D eigenvalue weighted by molar-refractivity contribution is -0.123. The first kappa shape index (κ1) is 15.0. The van der Waals surface area contributed by atoms with E-state index in [2.05, 4.69) is 17.1 Å². The van der Waals surface area contributed by atoms with Crippen LogP contribution in [-0.2, 0) is 4.79 Å². The van der Waals surface area contributed by atoms with Gasteiger partial charge in [0.1, 0.15) is 0 Å². The lowest BCUT2D eigenvalue weighted by Gasteiger charge is -2.30. The Morgan fingerprint density at radius 1 is 1.35 bits per heavy atom. The minimum absolute atomic E-state index is 0.0116. The Balaban J connectivity index is 1.84. The summed E-state index contributed by atoms with van der Waals surface area (Å²) in [6.45, 7) is 4.59. The van der Waals surface area contributed by atoms with E-state index in [1.54, 1.807) is 0 Å². The van der Waals surface area contributed by atoms with Gasteiger partial charge in [-0.2, -0.15) is 0 Å². The number of hydrogen-bond acceptors (Lipinski definition) is 3. The van der Waals surface area contributed by atoms with Crippen molar-refractivity contribution in [2.45, 2.75) is 25.8 Å². The van der Waals surface area contributed by atoms with Crippen LogP contribution in [0.5, 0.6) is 0 Å². The fraction of sp³-hybridized carbons (Fsp3) is 0.562. The standard InChI is InChI=1S/C16H24N2O2/c1-13-7-9-18(10-8-13)11-16(20)17-15(12-19)14-5-3-2-4-6-14/h2-6,13,15,19H,7-12H2,1H3,(H,17,20)/t15-/m1/s1. The Bertz CT molecular complexity index is 414. The van der Waals surface area contributed by atoms with E-state index in [0.29, 0.717) is 6.54 Å². The van der Waals surface area contributed by atoms with E-state index in [0.717, 1.165) is 37.4 Å². The summed E-state index contributed by atoms with van der Waals surface area (Å²) in [6, 6.07) is 9.28. The summed E-state index contributed by atoms with van der Waals surface area (Å²) in [5, 5.41) is 12.4. The number of amides is 1. The van der Waals surface area contributed by atoms with Crippen molar-refractivity contribution in [1.82, 2.24) is 10.2 Å². The molecule has 4 nitrogen and oxygen atoms in total. The van der Waals surface area contributed by atoms with Gasteiger partial charge in [0.05, 0.1) is 19.2 Å². The molecule has 0 aliphatic carbocycles. The Morgan fingerprint density at radius 2 is 2.00 bits per heavy atom. The van der Waals surface area contributed by atoms with Crippen LogP contribution in [0.4, 0.5) is 0 Å². The van der Waals surface area contributed by atoms with Crippen LogP contribution in [0.25, 0.3) is 0 Å². The average molecular weight is 276 g/mol. The van der Waals surface area contributed by atoms with Gasteiger partial charge in [0.2, 0.25) is 5.91 Å². The van der Waals surface area contributed by atoms with Crippen molar-refractivity contribution in [3.63, 3.8) is 0 Å². The monoisotopic (exact) mass is 276 g/mol. The molecule has 4 heteroatoms. The third-order valence-corrected chi connectivity index (χ3v) is 3.96. The normalized spacial score (nSPS) is 18.7. The van der Waals surface area contributed by atoms with Gasteiger partial charge in [-0.05, 0) is 37.4 Å². The number of aliphatic hydroxyl groups excluding tert-OH is 1. The number of benzene rings is 1. The van der Waals surface area contributed by atoms with Gasteiger partial charge >= 0.3 is 0 Å². The molecule has 2 rings (SSSR count). The number of nitrogens with one attached hydrogen (secondary N) is 1. The van der Waals surface area contributed by atoms with Gasteiger partial charge in [-0.25, -0.2) is 0 Å². The summed E-state index contributed by atoms with van der Waals surface area (Å²) in [7, 11) is 0. The second kappa shape index (κ2) is 7.41. The molecule has 110 valence electrons. The van der Waals surface area contributed by atoms with Crippen molar-refractivity contribution < 1.29 is 9.90 Å². The van der Waals surface area contributed by atoms with Crippen LogP contribution in [0.15, 0.2) is 30.3 Å². The van der Waals surface area contributed by atoms with Crippen molar-refractivity contribution in [1.29, 1.82) is 0 Å². The number of aliphatic hydroxyl groups is 1. The third-order valence-electron chi connectivity index (χ3n) is 3.96. The smallest absolute Gasteiger partial charge is 0.234 e. The number of carbonyl (C=O) groups excluding carboxylic acids is 1. The van der Waals surface area contributed by atoms with Crippen LogP contribution >= 0.6 is 0 Å². The maximum Gasteiger partial charge on any atom is 0.234 e. The van der Waals surface area contributed by atoms with E-state index in [4.69, 9.17) is 0 Å². The van der Waals surface area contributed by atoms with Gasteiger partial charge in [0.25, 0.3) is 0 Å². The molecule has 1 amide bonds. The summed E-state index contributed by atoms with van der Waals surface area (Å²) in [6.07, 6.45) is 2.32. The van der Waals surface area contributed by atoms with Gasteiger partial charge in [0.15, 0.2) is 0 Å². The quantitative estimate of drug-likeness (QED) is 0.858. The Kier molecular flexibility index (Phi) is 5.56. The van der Waals surface area contributed by atoms with Crippen LogP contribution in [-0.4, -0.2) is 42.2 Å². The summed E-state index contributed by atoms with van der Waals surface area (Å²) in [4.78, 5) is 14.3. The number of carbonyl (C=O) groups is 1. The predicted octanol–water partition coefficient (Wildman–Crippen LogP) is 1.57. The molecule has 1 aliphatic rings. The van der Waals surface area contributed by atoms with E-state index in [9.17, 15) is 9.90 Å². The van der Waals surface area contributed by atoms with E-state index >= 15 is 0 Å². The zero-order chi connectivity index (χ0) is 14.4. The molecule has 0 spiro atoms. The molecular weight excluding hydrogens is 252 g/mol. The molecule has 0 bridgehead atoms. The second-order valence-corrected chi connectivity index (χ2v) is 5.67. The van der Waals surface area contributed by atoms with E-state index in [1.165, 1.54) is 0 Å². The van der Waals surface area contributed by atoms with Crippen molar-refractivity contribution in [2.24, 2.45) is 5.92 Å². The number of hydrogen-bond donors (Lipinski definition) is 2. The van der Waals surface area contributed by atoms with Crippen molar-refractivity contribution in [2.75, 3.05) is 26.2 Å². The molecule has 1 aromatic carbocycles. The molecule has 1 saturated heterocycles. The van der Waals surface area contributed by atoms with E-state index < -0.39 is 0 Å². The molecule has 2 N–H and O–H groups in total. The number of likely N-dealkylation sites (tertiary alicyclic amines) is 1. The summed E-state index contributed by atoms with van der Waals surface area (Å²) in [5.74, 6) is 0.756. The molecule has 0 radical (unpaired) electrons. The first-order valence-electron chi connectivity index (χ1n) is 7.36. The lowest BCUT2D eigenvalue weighted by Crippen LogP contribution is -2.42. The summed E-state index contributed by atoms with van der Waals surface area (Å²) < 4.78 is 0. The molecule has 1 atom stereocenters. The minimum atomic E-state index is -0.313. The van der Waals surface area contributed by atoms with Gasteiger partial charge in [0, 0.05) is 0 Å². The number of nitrogens with zero attached hydrogens (tertiary/aromatic N) is 1. The zero-order valence-electron chi connectivity index (χ0n) is 12.1. The number of rotatable bonds is 5. The van der Waals surface area contributed by atoms with Crippen LogP contribution in [0, 0.1) is 5.92 Å². The highest BCUT2D eigenvalue weighted by atomic mass is 16.3. The zero-order valence-corrected chi connectivity index (χ0v) is 12.1. The molecule has 1 aliphatic heterocycles. The Morgan fingerprint density at radius 3 is 2.60 bits per heavy atom. The first-order chi connectivity index (χ1) is 9.69. The van der Waals surface area contributed by atoms with Crippen molar-refractivity contribution in [3.8, 4) is 0 Å². The van der Waals surface area contributed by atoms with Crippen molar-refractivity contribution >= 4 is 5.91 Å². The maximum absolute atomic E-state index is 12.1. The maximum atomic E-state index is 12.1. The molecule has 0 unspecified atom stereocenters. The number of piperidine rings is 1. The largest absolute Gasteiger partial charge is 0.394 e. The van der Waals surface area contributed by atoms with Gasteiger partial charge in [-0.3, -0.25) is 9.69 Å². The molecule has 1 fully saturated rings. The molecule has 1 aromatic rings. The summed E-state index contributed by atoms with van der Waals surface area (Å²) >= 11 is 0. The van der Waals surface area contributed by atoms with E-state index in [-0.39, 0.29) is 18.6 Å². The highest BCUT2D eigenvalue weighted by molar-refractivity contribution is 5.78. The fourth-order valence-electron chi connectivity index (χ4n) is 2.58. The van der Waals surface area contributed by atoms with Crippen LogP contribution < -0.4 is 5.32 Å². The highest BCUT2D eigenvalue weighted by Crippen LogP contribution is 2.16. The average Bonchev–Trinajstić information content (AvgIpc) is 2.48. The SMILES string of the molecule is CC1CCN(CC(=O)N[C@H](CO)c2ccccc2)CC1. The highest BCUT2D eigenvalue weighted by Gasteiger charge is 2.19. The molecule has 1 heterocycles. The fourth-order valence-corrected chi connectivity index (χ4v) is 2.58. The second-order valence-electron chi connectivity index (χ2n) is 5.67. The van der Waals surface area contributed by atoms with Crippen LogP contribution in [0.3, 0.4) is 0 Å². The molecule has 0 saturated carbocycles. The Labute approximate surface area is 120 Å². The van der Waals surface area contributed by atoms with Crippen LogP contribution in [0.2, 0.25) is 0 Å². The van der Waals surface area contributed by atoms with Gasteiger partial charge in [-0.1, -0.05) is 37.3 Å². The van der Waals surface area contributed by atoms with Gasteiger partial charge in [-0.15, -0.1) is 0 Å². The topological polar surface area (TPSA) is 52.6 Å². The van der Waals surface area contributed by atoms with Crippen LogP contribution in [0.1, 0.15) is 31.4 Å². The van der Waals surface area contributed by atoms with E-state index in [1.807, 2.05) is 30.3 Å². The molecule has 0 aromatic heterocycles. The van der Waals surface area contributed by atoms with Gasteiger partial charge < -0.3 is 10.4 Å². The summed E-state index contributed by atoms with van der Waals surface area (Å²) in [5.41, 5.74) is 0.940. The minimum Gasteiger partial charge on any atom is -0.394 e. The van der Waals surface area contributed by atoms with Crippen molar-refractivity contribution in [3.05, 3.63) is 35.9 Å².